The number of halogens is 2. The highest BCUT2D eigenvalue weighted by Gasteiger charge is 2.30. The SMILES string of the molecule is O=S1CCc2nc(N3CCC(c4nc5c(s4)=CCC(Cl)C=5)CC3)nc(Nc3cccc(F)c3)c21. The number of aromatic nitrogens is 3. The van der Waals surface area contributed by atoms with Crippen LogP contribution in [0.5, 0.6) is 0 Å². The van der Waals surface area contributed by atoms with E-state index in [-0.39, 0.29) is 11.2 Å². The van der Waals surface area contributed by atoms with E-state index in [1.165, 1.54) is 21.7 Å². The molecule has 0 bridgehead atoms. The minimum Gasteiger partial charge on any atom is -0.341 e. The molecule has 1 aliphatic carbocycles. The number of nitrogens with one attached hydrogen (secondary N) is 1. The van der Waals surface area contributed by atoms with Crippen molar-refractivity contribution in [2.45, 2.75) is 41.9 Å². The van der Waals surface area contributed by atoms with Crippen LogP contribution in [0.2, 0.25) is 0 Å². The van der Waals surface area contributed by atoms with Gasteiger partial charge in [0.2, 0.25) is 5.95 Å². The predicted molar refractivity (Wildman–Crippen MR) is 135 cm³/mol. The first kappa shape index (κ1) is 22.1. The van der Waals surface area contributed by atoms with Crippen molar-refractivity contribution in [1.29, 1.82) is 0 Å². The summed E-state index contributed by atoms with van der Waals surface area (Å²) in [4.78, 5) is 17.2. The molecule has 0 amide bonds. The predicted octanol–water partition coefficient (Wildman–Crippen LogP) is 3.44. The highest BCUT2D eigenvalue weighted by atomic mass is 35.5. The van der Waals surface area contributed by atoms with Crippen LogP contribution in [0.25, 0.3) is 12.2 Å². The van der Waals surface area contributed by atoms with Gasteiger partial charge in [-0.05, 0) is 43.5 Å². The zero-order chi connectivity index (χ0) is 23.2. The molecule has 10 heteroatoms. The number of thiazole rings is 1. The lowest BCUT2D eigenvalue weighted by molar-refractivity contribution is 0.497. The molecule has 2 atom stereocenters. The number of aryl methyl sites for hydroxylation is 1. The Morgan fingerprint density at radius 3 is 2.88 bits per heavy atom. The highest BCUT2D eigenvalue weighted by molar-refractivity contribution is 7.85. The molecule has 34 heavy (non-hydrogen) atoms. The summed E-state index contributed by atoms with van der Waals surface area (Å²) in [5.41, 5.74) is 1.40. The number of anilines is 3. The normalized spacial score (nSPS) is 22.0. The van der Waals surface area contributed by atoms with Crippen LogP contribution >= 0.6 is 22.9 Å². The topological polar surface area (TPSA) is 71.0 Å². The molecule has 176 valence electrons. The lowest BCUT2D eigenvalue weighted by atomic mass is 9.98. The number of nitrogens with zero attached hydrogens (tertiary/aromatic N) is 4. The van der Waals surface area contributed by atoms with E-state index in [0.29, 0.717) is 40.4 Å². The van der Waals surface area contributed by atoms with Crippen molar-refractivity contribution in [2.75, 3.05) is 29.1 Å². The minimum absolute atomic E-state index is 0.0331. The van der Waals surface area contributed by atoms with E-state index in [1.54, 1.807) is 23.5 Å². The van der Waals surface area contributed by atoms with E-state index in [1.807, 2.05) is 0 Å². The Morgan fingerprint density at radius 2 is 2.06 bits per heavy atom. The first-order chi connectivity index (χ1) is 16.5. The van der Waals surface area contributed by atoms with Crippen LogP contribution in [0.1, 0.15) is 35.9 Å². The largest absolute Gasteiger partial charge is 0.341 e. The Morgan fingerprint density at radius 1 is 1.21 bits per heavy atom. The lowest BCUT2D eigenvalue weighted by Crippen LogP contribution is -2.34. The fourth-order valence-corrected chi connectivity index (χ4v) is 7.38. The number of hydrogen-bond acceptors (Lipinski definition) is 7. The van der Waals surface area contributed by atoms with Crippen molar-refractivity contribution < 1.29 is 8.60 Å². The standard InChI is InChI=1S/C24H23ClFN5OS2/c25-15-4-5-20-19(12-15)28-23(33-20)14-6-9-31(10-7-14)24-29-18-8-11-34(32)21(18)22(30-24)27-17-3-1-2-16(26)13-17/h1-3,5,12-15H,4,6-11H2,(H,27,29,30). The Hall–Kier alpha value is -2.36. The molecule has 2 aliphatic heterocycles. The summed E-state index contributed by atoms with van der Waals surface area (Å²) in [6.07, 6.45) is 7.71. The van der Waals surface area contributed by atoms with Gasteiger partial charge in [-0.1, -0.05) is 12.1 Å². The maximum absolute atomic E-state index is 13.7. The van der Waals surface area contributed by atoms with Crippen molar-refractivity contribution in [3.8, 4) is 0 Å². The van der Waals surface area contributed by atoms with Crippen molar-refractivity contribution in [3.05, 3.63) is 50.7 Å². The second-order valence-corrected chi connectivity index (χ2v) is 11.9. The van der Waals surface area contributed by atoms with Gasteiger partial charge in [-0.2, -0.15) is 4.98 Å². The molecule has 0 saturated carbocycles. The van der Waals surface area contributed by atoms with Gasteiger partial charge < -0.3 is 10.2 Å². The van der Waals surface area contributed by atoms with Crippen LogP contribution in [0, 0.1) is 5.82 Å². The van der Waals surface area contributed by atoms with E-state index >= 15 is 0 Å². The zero-order valence-electron chi connectivity index (χ0n) is 18.3. The van der Waals surface area contributed by atoms with Crippen LogP contribution in [0.3, 0.4) is 0 Å². The molecule has 0 spiro atoms. The summed E-state index contributed by atoms with van der Waals surface area (Å²) in [6.45, 7) is 1.64. The molecule has 6 rings (SSSR count). The maximum atomic E-state index is 13.7. The van der Waals surface area contributed by atoms with E-state index in [0.717, 1.165) is 43.4 Å². The molecule has 1 saturated heterocycles. The average Bonchev–Trinajstić information content (AvgIpc) is 3.42. The fraction of sp³-hybridized carbons (Fsp3) is 0.375. The van der Waals surface area contributed by atoms with E-state index in [9.17, 15) is 8.60 Å². The van der Waals surface area contributed by atoms with E-state index in [2.05, 4.69) is 22.4 Å². The summed E-state index contributed by atoms with van der Waals surface area (Å²) in [6, 6.07) is 6.22. The van der Waals surface area contributed by atoms with Gasteiger partial charge >= 0.3 is 0 Å². The minimum atomic E-state index is -1.15. The second-order valence-electron chi connectivity index (χ2n) is 8.77. The number of fused-ring (bicyclic) bond motifs is 2. The third-order valence-corrected chi connectivity index (χ3v) is 9.45. The molecule has 2 aromatic heterocycles. The Kier molecular flexibility index (Phi) is 5.87. The summed E-state index contributed by atoms with van der Waals surface area (Å²) in [7, 11) is -1.15. The molecule has 1 N–H and O–H groups in total. The molecule has 0 radical (unpaired) electrons. The number of alkyl halides is 1. The maximum Gasteiger partial charge on any atom is 0.227 e. The Balaban J connectivity index is 1.24. The number of benzene rings is 1. The average molecular weight is 516 g/mol. The quantitative estimate of drug-likeness (QED) is 0.537. The number of piperidine rings is 1. The molecular formula is C24H23ClFN5OS2. The molecular weight excluding hydrogens is 493 g/mol. The first-order valence-electron chi connectivity index (χ1n) is 11.4. The monoisotopic (exact) mass is 515 g/mol. The third kappa shape index (κ3) is 4.25. The number of hydrogen-bond donors (Lipinski definition) is 1. The summed E-state index contributed by atoms with van der Waals surface area (Å²) in [5, 5.41) is 5.42. The van der Waals surface area contributed by atoms with E-state index < -0.39 is 10.8 Å². The molecule has 6 nitrogen and oxygen atoms in total. The van der Waals surface area contributed by atoms with Gasteiger partial charge in [-0.3, -0.25) is 4.21 Å². The summed E-state index contributed by atoms with van der Waals surface area (Å²) in [5.74, 6) is 1.77. The van der Waals surface area contributed by atoms with Gasteiger partial charge in [0.05, 0.1) is 36.8 Å². The van der Waals surface area contributed by atoms with Gasteiger partial charge in [0.15, 0.2) is 5.82 Å². The van der Waals surface area contributed by atoms with Crippen molar-refractivity contribution in [3.63, 3.8) is 0 Å². The second kappa shape index (κ2) is 9.02. The highest BCUT2D eigenvalue weighted by Crippen LogP contribution is 2.34. The fourth-order valence-electron chi connectivity index (χ4n) is 4.70. The third-order valence-electron chi connectivity index (χ3n) is 6.46. The first-order valence-corrected chi connectivity index (χ1v) is 14.0. The van der Waals surface area contributed by atoms with Gasteiger partial charge in [0, 0.05) is 36.9 Å². The Bertz CT molecular complexity index is 1400. The molecule has 3 aliphatic rings. The van der Waals surface area contributed by atoms with Crippen LogP contribution in [0.4, 0.5) is 21.8 Å². The zero-order valence-corrected chi connectivity index (χ0v) is 20.7. The van der Waals surface area contributed by atoms with Crippen molar-refractivity contribution in [1.82, 2.24) is 15.0 Å². The van der Waals surface area contributed by atoms with Gasteiger partial charge in [0.1, 0.15) is 10.7 Å². The van der Waals surface area contributed by atoms with Crippen molar-refractivity contribution >= 4 is 63.3 Å². The van der Waals surface area contributed by atoms with Gasteiger partial charge in [-0.25, -0.2) is 14.4 Å². The summed E-state index contributed by atoms with van der Waals surface area (Å²) < 4.78 is 27.6. The molecule has 4 heterocycles. The summed E-state index contributed by atoms with van der Waals surface area (Å²) >= 11 is 8.04. The van der Waals surface area contributed by atoms with Gasteiger partial charge in [0.25, 0.3) is 0 Å². The van der Waals surface area contributed by atoms with Gasteiger partial charge in [-0.15, -0.1) is 22.9 Å². The van der Waals surface area contributed by atoms with Crippen LogP contribution < -0.4 is 20.1 Å². The van der Waals surface area contributed by atoms with E-state index in [4.69, 9.17) is 26.6 Å². The van der Waals surface area contributed by atoms with Crippen LogP contribution in [0.15, 0.2) is 29.2 Å². The molecule has 3 aromatic rings. The number of rotatable bonds is 4. The van der Waals surface area contributed by atoms with Crippen LogP contribution in [-0.2, 0) is 17.2 Å². The lowest BCUT2D eigenvalue weighted by Gasteiger charge is -2.31. The van der Waals surface area contributed by atoms with Crippen LogP contribution in [-0.4, -0.2) is 43.4 Å². The molecule has 1 aromatic carbocycles. The molecule has 2 unspecified atom stereocenters. The van der Waals surface area contributed by atoms with Crippen molar-refractivity contribution in [2.24, 2.45) is 0 Å². The molecule has 1 fully saturated rings. The smallest absolute Gasteiger partial charge is 0.227 e. The Labute approximate surface area is 208 Å².